The van der Waals surface area contributed by atoms with Gasteiger partial charge in [0, 0.05) is 42.0 Å². The molecule has 0 aliphatic carbocycles. The van der Waals surface area contributed by atoms with Crippen molar-refractivity contribution in [2.45, 2.75) is 31.2 Å². The van der Waals surface area contributed by atoms with Crippen molar-refractivity contribution in [3.05, 3.63) is 59.9 Å². The molecular weight excluding hydrogens is 386 g/mol. The van der Waals surface area contributed by atoms with E-state index in [0.29, 0.717) is 17.2 Å². The van der Waals surface area contributed by atoms with Crippen LogP contribution in [0.4, 0.5) is 5.69 Å². The van der Waals surface area contributed by atoms with Gasteiger partial charge in [0.25, 0.3) is 0 Å². The maximum Gasteiger partial charge on any atom is 0.237 e. The normalized spacial score (nSPS) is 11.8. The Balaban J connectivity index is 1.74. The van der Waals surface area contributed by atoms with Crippen LogP contribution in [0.15, 0.2) is 53.9 Å². The van der Waals surface area contributed by atoms with E-state index in [1.165, 1.54) is 22.9 Å². The van der Waals surface area contributed by atoms with Crippen LogP contribution in [-0.2, 0) is 4.79 Å². The summed E-state index contributed by atoms with van der Waals surface area (Å²) < 4.78 is 12.5. The Morgan fingerprint density at radius 2 is 1.76 bits per heavy atom. The summed E-state index contributed by atoms with van der Waals surface area (Å²) in [6.07, 6.45) is 3.65. The molecule has 0 fully saturated rings. The molecule has 1 atom stereocenters. The quantitative estimate of drug-likeness (QED) is 0.575. The highest BCUT2D eigenvalue weighted by Gasteiger charge is 2.19. The zero-order valence-corrected chi connectivity index (χ0v) is 18.0. The van der Waals surface area contributed by atoms with Gasteiger partial charge in [0.2, 0.25) is 5.91 Å². The Hall–Kier alpha value is -2.93. The molecule has 1 aromatic heterocycles. The summed E-state index contributed by atoms with van der Waals surface area (Å²) in [6, 6.07) is 11.5. The minimum Gasteiger partial charge on any atom is -0.497 e. The molecule has 152 valence electrons. The van der Waals surface area contributed by atoms with Crippen LogP contribution in [0, 0.1) is 13.8 Å². The van der Waals surface area contributed by atoms with E-state index < -0.39 is 0 Å². The van der Waals surface area contributed by atoms with Crippen molar-refractivity contribution < 1.29 is 14.3 Å². The van der Waals surface area contributed by atoms with Gasteiger partial charge in [-0.15, -0.1) is 0 Å². The number of anilines is 1. The number of thioether (sulfide) groups is 1. The first-order valence-electron chi connectivity index (χ1n) is 9.23. The van der Waals surface area contributed by atoms with Gasteiger partial charge in [-0.05, 0) is 44.0 Å². The van der Waals surface area contributed by atoms with Crippen LogP contribution in [0.2, 0.25) is 0 Å². The lowest BCUT2D eigenvalue weighted by Crippen LogP contribution is -2.23. The Bertz CT molecular complexity index is 994. The summed E-state index contributed by atoms with van der Waals surface area (Å²) in [4.78, 5) is 17.2. The van der Waals surface area contributed by atoms with E-state index in [0.717, 1.165) is 10.8 Å². The molecule has 0 bridgehead atoms. The van der Waals surface area contributed by atoms with Crippen molar-refractivity contribution in [1.82, 2.24) is 9.55 Å². The number of ether oxygens (including phenoxy) is 2. The van der Waals surface area contributed by atoms with Gasteiger partial charge in [0.1, 0.15) is 11.5 Å². The van der Waals surface area contributed by atoms with Gasteiger partial charge in [-0.3, -0.25) is 9.36 Å². The van der Waals surface area contributed by atoms with E-state index in [-0.39, 0.29) is 11.2 Å². The van der Waals surface area contributed by atoms with Crippen LogP contribution in [0.25, 0.3) is 5.69 Å². The molecule has 29 heavy (non-hydrogen) atoms. The summed E-state index contributed by atoms with van der Waals surface area (Å²) >= 11 is 1.41. The molecule has 3 aromatic rings. The van der Waals surface area contributed by atoms with Crippen molar-refractivity contribution >= 4 is 23.4 Å². The molecule has 7 heteroatoms. The highest BCUT2D eigenvalue weighted by Crippen LogP contribution is 2.29. The number of benzene rings is 2. The number of methoxy groups -OCH3 is 2. The first-order chi connectivity index (χ1) is 13.9. The van der Waals surface area contributed by atoms with E-state index in [1.54, 1.807) is 38.6 Å². The largest absolute Gasteiger partial charge is 0.497 e. The number of hydrogen-bond donors (Lipinski definition) is 1. The molecule has 3 rings (SSSR count). The predicted molar refractivity (Wildman–Crippen MR) is 117 cm³/mol. The molecule has 0 saturated heterocycles. The number of hydrogen-bond acceptors (Lipinski definition) is 5. The van der Waals surface area contributed by atoms with Crippen LogP contribution >= 0.6 is 11.8 Å². The second kappa shape index (κ2) is 9.05. The number of nitrogens with zero attached hydrogens (tertiary/aromatic N) is 2. The lowest BCUT2D eigenvalue weighted by atomic mass is 10.1. The van der Waals surface area contributed by atoms with Crippen LogP contribution in [0.1, 0.15) is 18.1 Å². The third-order valence-electron chi connectivity index (χ3n) is 4.65. The van der Waals surface area contributed by atoms with Crippen LogP contribution in [-0.4, -0.2) is 34.9 Å². The molecule has 0 spiro atoms. The number of carbonyl (C=O) groups excluding carboxylic acids is 1. The van der Waals surface area contributed by atoms with Gasteiger partial charge in [0.05, 0.1) is 19.5 Å². The first-order valence-corrected chi connectivity index (χ1v) is 10.1. The van der Waals surface area contributed by atoms with E-state index >= 15 is 0 Å². The highest BCUT2D eigenvalue weighted by molar-refractivity contribution is 8.00. The molecule has 1 heterocycles. The number of nitrogens with one attached hydrogen (secondary N) is 1. The van der Waals surface area contributed by atoms with Gasteiger partial charge in [-0.2, -0.15) is 0 Å². The van der Waals surface area contributed by atoms with Gasteiger partial charge >= 0.3 is 0 Å². The van der Waals surface area contributed by atoms with Gasteiger partial charge in [-0.1, -0.05) is 17.8 Å². The van der Waals surface area contributed by atoms with E-state index in [4.69, 9.17) is 9.47 Å². The Morgan fingerprint density at radius 3 is 2.38 bits per heavy atom. The van der Waals surface area contributed by atoms with E-state index in [2.05, 4.69) is 42.3 Å². The fraction of sp³-hybridized carbons (Fsp3) is 0.273. The molecular formula is C22H25N3O3S. The number of amides is 1. The molecule has 1 N–H and O–H groups in total. The lowest BCUT2D eigenvalue weighted by molar-refractivity contribution is -0.115. The average Bonchev–Trinajstić information content (AvgIpc) is 3.17. The summed E-state index contributed by atoms with van der Waals surface area (Å²) in [7, 11) is 3.15. The fourth-order valence-corrected chi connectivity index (χ4v) is 3.67. The minimum atomic E-state index is -0.347. The van der Waals surface area contributed by atoms with Gasteiger partial charge < -0.3 is 14.8 Å². The highest BCUT2D eigenvalue weighted by atomic mass is 32.2. The minimum absolute atomic E-state index is 0.125. The third kappa shape index (κ3) is 4.92. The standard InChI is InChI=1S/C22H25N3O3S/c1-14-6-7-18(10-15(14)2)25-9-8-23-22(25)29-16(3)21(26)24-17-11-19(27-4)13-20(12-17)28-5/h6-13,16H,1-5H3,(H,24,26). The second-order valence-electron chi connectivity index (χ2n) is 6.70. The summed E-state index contributed by atoms with van der Waals surface area (Å²) in [5.41, 5.74) is 4.10. The van der Waals surface area contributed by atoms with Crippen LogP contribution < -0.4 is 14.8 Å². The van der Waals surface area contributed by atoms with Gasteiger partial charge in [-0.25, -0.2) is 4.98 Å². The van der Waals surface area contributed by atoms with Crippen molar-refractivity contribution in [3.8, 4) is 17.2 Å². The molecule has 0 aliphatic heterocycles. The second-order valence-corrected chi connectivity index (χ2v) is 8.01. The molecule has 0 saturated carbocycles. The van der Waals surface area contributed by atoms with E-state index in [1.807, 2.05) is 17.7 Å². The summed E-state index contributed by atoms with van der Waals surface area (Å²) in [5.74, 6) is 1.11. The maximum atomic E-state index is 12.7. The zero-order valence-electron chi connectivity index (χ0n) is 17.2. The van der Waals surface area contributed by atoms with Crippen LogP contribution in [0.3, 0.4) is 0 Å². The van der Waals surface area contributed by atoms with Crippen molar-refractivity contribution in [2.24, 2.45) is 0 Å². The smallest absolute Gasteiger partial charge is 0.237 e. The monoisotopic (exact) mass is 411 g/mol. The number of rotatable bonds is 7. The topological polar surface area (TPSA) is 65.4 Å². The van der Waals surface area contributed by atoms with Crippen molar-refractivity contribution in [1.29, 1.82) is 0 Å². The average molecular weight is 412 g/mol. The Labute approximate surface area is 175 Å². The molecule has 2 aromatic carbocycles. The van der Waals surface area contributed by atoms with Crippen molar-refractivity contribution in [3.63, 3.8) is 0 Å². The van der Waals surface area contributed by atoms with Gasteiger partial charge in [0.15, 0.2) is 5.16 Å². The molecule has 1 amide bonds. The summed E-state index contributed by atoms with van der Waals surface area (Å²) in [6.45, 7) is 6.03. The first kappa shape index (κ1) is 20.8. The molecule has 6 nitrogen and oxygen atoms in total. The third-order valence-corrected chi connectivity index (χ3v) is 5.73. The fourth-order valence-electron chi connectivity index (χ4n) is 2.78. The maximum absolute atomic E-state index is 12.7. The lowest BCUT2D eigenvalue weighted by Gasteiger charge is -2.15. The van der Waals surface area contributed by atoms with Crippen LogP contribution in [0.5, 0.6) is 11.5 Å². The zero-order chi connectivity index (χ0) is 21.0. The number of carbonyl (C=O) groups is 1. The molecule has 1 unspecified atom stereocenters. The number of aromatic nitrogens is 2. The van der Waals surface area contributed by atoms with E-state index in [9.17, 15) is 4.79 Å². The SMILES string of the molecule is COc1cc(NC(=O)C(C)Sc2nccn2-c2ccc(C)c(C)c2)cc(OC)c1. The van der Waals surface area contributed by atoms with Crippen molar-refractivity contribution in [2.75, 3.05) is 19.5 Å². The molecule has 0 radical (unpaired) electrons. The Kier molecular flexibility index (Phi) is 6.49. The number of aryl methyl sites for hydroxylation is 2. The molecule has 0 aliphatic rings. The Morgan fingerprint density at radius 1 is 1.07 bits per heavy atom. The number of imidazole rings is 1. The predicted octanol–water partition coefficient (Wildman–Crippen LogP) is 4.63. The summed E-state index contributed by atoms with van der Waals surface area (Å²) in [5, 5.41) is 3.34.